The van der Waals surface area contributed by atoms with Gasteiger partial charge in [-0.05, 0) is 37.8 Å². The molecular formula is C18H25NO3S. The van der Waals surface area contributed by atoms with Crippen LogP contribution >= 0.6 is 0 Å². The number of hydrogen-bond donors (Lipinski definition) is 0. The second kappa shape index (κ2) is 7.14. The van der Waals surface area contributed by atoms with E-state index < -0.39 is 10.0 Å². The van der Waals surface area contributed by atoms with E-state index in [-0.39, 0.29) is 11.8 Å². The maximum Gasteiger partial charge on any atom is 0.243 e. The van der Waals surface area contributed by atoms with Crippen LogP contribution in [0.2, 0.25) is 0 Å². The van der Waals surface area contributed by atoms with Crippen molar-refractivity contribution in [2.24, 2.45) is 11.8 Å². The zero-order valence-corrected chi connectivity index (χ0v) is 14.3. The lowest BCUT2D eigenvalue weighted by Gasteiger charge is -2.33. The summed E-state index contributed by atoms with van der Waals surface area (Å²) in [6.07, 6.45) is 6.97. The molecule has 0 aromatic heterocycles. The minimum absolute atomic E-state index is 0.0559. The van der Waals surface area contributed by atoms with Crippen molar-refractivity contribution in [3.05, 3.63) is 30.3 Å². The van der Waals surface area contributed by atoms with Crippen molar-refractivity contribution in [3.8, 4) is 0 Å². The first kappa shape index (κ1) is 16.7. The van der Waals surface area contributed by atoms with Crippen LogP contribution in [-0.2, 0) is 14.8 Å². The number of nitrogens with zero attached hydrogens (tertiary/aromatic N) is 1. The first-order chi connectivity index (χ1) is 11.1. The van der Waals surface area contributed by atoms with Gasteiger partial charge in [0.2, 0.25) is 10.0 Å². The average Bonchev–Trinajstić information content (AvgIpc) is 2.63. The third kappa shape index (κ3) is 3.66. The van der Waals surface area contributed by atoms with Crippen molar-refractivity contribution in [1.82, 2.24) is 4.31 Å². The summed E-state index contributed by atoms with van der Waals surface area (Å²) in [7, 11) is -3.41. The van der Waals surface area contributed by atoms with E-state index in [2.05, 4.69) is 0 Å². The predicted molar refractivity (Wildman–Crippen MR) is 89.5 cm³/mol. The molecule has 0 unspecified atom stereocenters. The Balaban J connectivity index is 1.61. The van der Waals surface area contributed by atoms with Crippen LogP contribution in [0.3, 0.4) is 0 Å². The van der Waals surface area contributed by atoms with Gasteiger partial charge in [-0.1, -0.05) is 37.5 Å². The highest BCUT2D eigenvalue weighted by molar-refractivity contribution is 7.89. The fourth-order valence-corrected chi connectivity index (χ4v) is 5.33. The Hall–Kier alpha value is -1.20. The van der Waals surface area contributed by atoms with E-state index in [0.717, 1.165) is 25.7 Å². The molecule has 2 aliphatic rings. The fraction of sp³-hybridized carbons (Fsp3) is 0.611. The molecule has 1 saturated carbocycles. The second-order valence-electron chi connectivity index (χ2n) is 6.73. The summed E-state index contributed by atoms with van der Waals surface area (Å²) in [5, 5.41) is 0. The van der Waals surface area contributed by atoms with Crippen LogP contribution in [-0.4, -0.2) is 31.6 Å². The van der Waals surface area contributed by atoms with Crippen molar-refractivity contribution in [2.45, 2.75) is 49.8 Å². The first-order valence-corrected chi connectivity index (χ1v) is 10.1. The molecule has 1 aliphatic heterocycles. The molecule has 126 valence electrons. The Bertz CT molecular complexity index is 627. The third-order valence-corrected chi connectivity index (χ3v) is 7.16. The van der Waals surface area contributed by atoms with Gasteiger partial charge in [-0.25, -0.2) is 8.42 Å². The Morgan fingerprint density at radius 1 is 0.870 bits per heavy atom. The maximum absolute atomic E-state index is 12.6. The van der Waals surface area contributed by atoms with E-state index in [4.69, 9.17) is 0 Å². The second-order valence-corrected chi connectivity index (χ2v) is 8.67. The normalized spacial score (nSPS) is 22.1. The largest absolute Gasteiger partial charge is 0.299 e. The molecule has 1 aromatic rings. The lowest BCUT2D eigenvalue weighted by Crippen LogP contribution is -2.41. The Labute approximate surface area is 138 Å². The van der Waals surface area contributed by atoms with Crippen LogP contribution in [0.4, 0.5) is 0 Å². The summed E-state index contributed by atoms with van der Waals surface area (Å²) in [5.74, 6) is 0.674. The van der Waals surface area contributed by atoms with E-state index in [0.29, 0.717) is 36.6 Å². The van der Waals surface area contributed by atoms with Crippen molar-refractivity contribution < 1.29 is 13.2 Å². The van der Waals surface area contributed by atoms with E-state index in [1.54, 1.807) is 24.3 Å². The van der Waals surface area contributed by atoms with Gasteiger partial charge >= 0.3 is 0 Å². The van der Waals surface area contributed by atoms with E-state index >= 15 is 0 Å². The van der Waals surface area contributed by atoms with Crippen LogP contribution in [0.1, 0.15) is 44.9 Å². The zero-order chi connectivity index (χ0) is 16.3. The smallest absolute Gasteiger partial charge is 0.243 e. The number of piperidine rings is 1. The maximum atomic E-state index is 12.6. The van der Waals surface area contributed by atoms with Crippen LogP contribution in [0, 0.1) is 11.8 Å². The van der Waals surface area contributed by atoms with Gasteiger partial charge in [0.05, 0.1) is 4.90 Å². The van der Waals surface area contributed by atoms with Crippen molar-refractivity contribution in [1.29, 1.82) is 0 Å². The Morgan fingerprint density at radius 3 is 2.04 bits per heavy atom. The van der Waals surface area contributed by atoms with Gasteiger partial charge < -0.3 is 0 Å². The molecule has 0 bridgehead atoms. The molecule has 0 amide bonds. The van der Waals surface area contributed by atoms with Crippen LogP contribution in [0.25, 0.3) is 0 Å². The average molecular weight is 335 g/mol. The SMILES string of the molecule is O=C(C1CCCCC1)C1CCN(S(=O)(=O)c2ccccc2)CC1. The molecule has 5 heteroatoms. The van der Waals surface area contributed by atoms with Crippen LogP contribution in [0.15, 0.2) is 35.2 Å². The number of rotatable bonds is 4. The number of sulfonamides is 1. The van der Waals surface area contributed by atoms with E-state index in [9.17, 15) is 13.2 Å². The molecule has 23 heavy (non-hydrogen) atoms. The fourth-order valence-electron chi connectivity index (χ4n) is 3.84. The van der Waals surface area contributed by atoms with E-state index in [1.165, 1.54) is 10.7 Å². The number of carbonyl (C=O) groups is 1. The molecule has 3 rings (SSSR count). The molecule has 1 heterocycles. The summed E-state index contributed by atoms with van der Waals surface area (Å²) >= 11 is 0. The molecule has 1 aromatic carbocycles. The number of carbonyl (C=O) groups excluding carboxylic acids is 1. The Morgan fingerprint density at radius 2 is 1.43 bits per heavy atom. The van der Waals surface area contributed by atoms with Gasteiger partial charge in [0.25, 0.3) is 0 Å². The van der Waals surface area contributed by atoms with Crippen molar-refractivity contribution >= 4 is 15.8 Å². The quantitative estimate of drug-likeness (QED) is 0.849. The first-order valence-electron chi connectivity index (χ1n) is 8.68. The molecule has 1 aliphatic carbocycles. The van der Waals surface area contributed by atoms with Crippen LogP contribution in [0.5, 0.6) is 0 Å². The summed E-state index contributed by atoms with van der Waals surface area (Å²) < 4.78 is 26.7. The van der Waals surface area contributed by atoms with Gasteiger partial charge in [0.15, 0.2) is 0 Å². The Kier molecular flexibility index (Phi) is 5.17. The van der Waals surface area contributed by atoms with Gasteiger partial charge in [-0.15, -0.1) is 0 Å². The highest BCUT2D eigenvalue weighted by atomic mass is 32.2. The molecule has 0 N–H and O–H groups in total. The van der Waals surface area contributed by atoms with Gasteiger partial charge in [-0.3, -0.25) is 4.79 Å². The zero-order valence-electron chi connectivity index (χ0n) is 13.5. The standard InChI is InChI=1S/C18H25NO3S/c20-18(15-7-3-1-4-8-15)16-11-13-19(14-12-16)23(21,22)17-9-5-2-6-10-17/h2,5-6,9-10,15-16H,1,3-4,7-8,11-14H2. The van der Waals surface area contributed by atoms with Gasteiger partial charge in [-0.2, -0.15) is 4.31 Å². The van der Waals surface area contributed by atoms with Gasteiger partial charge in [0, 0.05) is 24.9 Å². The minimum Gasteiger partial charge on any atom is -0.299 e. The highest BCUT2D eigenvalue weighted by Gasteiger charge is 2.34. The lowest BCUT2D eigenvalue weighted by atomic mass is 9.79. The number of hydrogen-bond acceptors (Lipinski definition) is 3. The molecule has 4 nitrogen and oxygen atoms in total. The van der Waals surface area contributed by atoms with Gasteiger partial charge in [0.1, 0.15) is 5.78 Å². The minimum atomic E-state index is -3.41. The summed E-state index contributed by atoms with van der Waals surface area (Å²) in [6.45, 7) is 0.917. The molecule has 1 saturated heterocycles. The molecule has 0 atom stereocenters. The molecule has 0 spiro atoms. The van der Waals surface area contributed by atoms with E-state index in [1.807, 2.05) is 6.07 Å². The lowest BCUT2D eigenvalue weighted by molar-refractivity contribution is -0.128. The van der Waals surface area contributed by atoms with Crippen molar-refractivity contribution in [3.63, 3.8) is 0 Å². The monoisotopic (exact) mass is 335 g/mol. The highest BCUT2D eigenvalue weighted by Crippen LogP contribution is 2.31. The van der Waals surface area contributed by atoms with Crippen LogP contribution < -0.4 is 0 Å². The molecule has 2 fully saturated rings. The summed E-state index contributed by atoms with van der Waals surface area (Å²) in [5.41, 5.74) is 0. The molecular weight excluding hydrogens is 310 g/mol. The molecule has 0 radical (unpaired) electrons. The topological polar surface area (TPSA) is 54.5 Å². The predicted octanol–water partition coefficient (Wildman–Crippen LogP) is 3.24. The summed E-state index contributed by atoms with van der Waals surface area (Å²) in [4.78, 5) is 13.0. The van der Waals surface area contributed by atoms with Crippen molar-refractivity contribution in [2.75, 3.05) is 13.1 Å². The number of benzene rings is 1. The summed E-state index contributed by atoms with van der Waals surface area (Å²) in [6, 6.07) is 8.57. The number of ketones is 1. The number of Topliss-reactive ketones (excluding diaryl/α,β-unsaturated/α-hetero) is 1. The third-order valence-electron chi connectivity index (χ3n) is 5.24.